The van der Waals surface area contributed by atoms with Gasteiger partial charge in [-0.2, -0.15) is 0 Å². The van der Waals surface area contributed by atoms with Crippen LogP contribution in [0.2, 0.25) is 0 Å². The Morgan fingerprint density at radius 2 is 2.11 bits per heavy atom. The van der Waals surface area contributed by atoms with Crippen LogP contribution in [0.4, 0.5) is 0 Å². The van der Waals surface area contributed by atoms with E-state index in [2.05, 4.69) is 26.0 Å². The molecular formula is C9H14. The second-order valence-corrected chi connectivity index (χ2v) is 2.66. The van der Waals surface area contributed by atoms with E-state index < -0.39 is 0 Å². The van der Waals surface area contributed by atoms with E-state index in [9.17, 15) is 0 Å². The van der Waals surface area contributed by atoms with Crippen LogP contribution in [0, 0.1) is 0 Å². The van der Waals surface area contributed by atoms with Crippen LogP contribution in [-0.4, -0.2) is 0 Å². The zero-order chi connectivity index (χ0) is 6.69. The third-order valence-electron chi connectivity index (χ3n) is 1.91. The first kappa shape index (κ1) is 6.60. The second kappa shape index (κ2) is 2.86. The highest BCUT2D eigenvalue weighted by atomic mass is 14.1. The lowest BCUT2D eigenvalue weighted by molar-refractivity contribution is 0.899. The highest BCUT2D eigenvalue weighted by Gasteiger charge is 2.06. The lowest BCUT2D eigenvalue weighted by Gasteiger charge is -1.91. The first-order chi connectivity index (χ1) is 4.34. The van der Waals surface area contributed by atoms with Crippen molar-refractivity contribution in [1.82, 2.24) is 0 Å². The Hall–Kier alpha value is -0.520. The topological polar surface area (TPSA) is 0 Å². The van der Waals surface area contributed by atoms with Crippen molar-refractivity contribution in [2.45, 2.75) is 33.1 Å². The zero-order valence-corrected chi connectivity index (χ0v) is 6.28. The molecule has 0 heteroatoms. The molecule has 0 N–H and O–H groups in total. The van der Waals surface area contributed by atoms with Crippen molar-refractivity contribution in [3.8, 4) is 0 Å². The Morgan fingerprint density at radius 1 is 1.33 bits per heavy atom. The molecule has 0 aromatic carbocycles. The number of rotatable bonds is 1. The molecule has 0 bridgehead atoms. The average Bonchev–Trinajstić information content (AvgIpc) is 2.18. The average molecular weight is 122 g/mol. The fourth-order valence-electron chi connectivity index (χ4n) is 1.34. The van der Waals surface area contributed by atoms with E-state index in [4.69, 9.17) is 0 Å². The fourth-order valence-corrected chi connectivity index (χ4v) is 1.34. The lowest BCUT2D eigenvalue weighted by Crippen LogP contribution is -1.71. The van der Waals surface area contributed by atoms with Gasteiger partial charge in [0, 0.05) is 0 Å². The van der Waals surface area contributed by atoms with Crippen LogP contribution in [0.15, 0.2) is 23.3 Å². The molecule has 0 spiro atoms. The standard InChI is InChI=1S/C9H14/c1-3-5-9-7-4-6-8(9)2/h3,5H,4,6-7H2,1-2H3. The molecule has 1 aliphatic rings. The summed E-state index contributed by atoms with van der Waals surface area (Å²) in [7, 11) is 0. The molecular weight excluding hydrogens is 108 g/mol. The van der Waals surface area contributed by atoms with E-state index in [0.29, 0.717) is 0 Å². The maximum Gasteiger partial charge on any atom is -0.0276 e. The zero-order valence-electron chi connectivity index (χ0n) is 6.28. The number of allylic oxidation sites excluding steroid dienone is 4. The molecule has 0 saturated heterocycles. The van der Waals surface area contributed by atoms with Gasteiger partial charge in [0.05, 0.1) is 0 Å². The van der Waals surface area contributed by atoms with Crippen molar-refractivity contribution in [3.63, 3.8) is 0 Å². The first-order valence-electron chi connectivity index (χ1n) is 3.66. The van der Waals surface area contributed by atoms with Gasteiger partial charge in [0.1, 0.15) is 0 Å². The highest BCUT2D eigenvalue weighted by Crippen LogP contribution is 2.25. The summed E-state index contributed by atoms with van der Waals surface area (Å²) >= 11 is 0. The fraction of sp³-hybridized carbons (Fsp3) is 0.556. The summed E-state index contributed by atoms with van der Waals surface area (Å²) in [6.45, 7) is 4.32. The maximum atomic E-state index is 2.24. The van der Waals surface area contributed by atoms with Crippen LogP contribution >= 0.6 is 0 Å². The summed E-state index contributed by atoms with van der Waals surface area (Å²) in [5.41, 5.74) is 3.16. The summed E-state index contributed by atoms with van der Waals surface area (Å²) in [5.74, 6) is 0. The number of hydrogen-bond acceptors (Lipinski definition) is 0. The second-order valence-electron chi connectivity index (χ2n) is 2.66. The van der Waals surface area contributed by atoms with Gasteiger partial charge >= 0.3 is 0 Å². The van der Waals surface area contributed by atoms with Gasteiger partial charge in [0.15, 0.2) is 0 Å². The molecule has 0 aromatic heterocycles. The molecule has 9 heavy (non-hydrogen) atoms. The van der Waals surface area contributed by atoms with E-state index >= 15 is 0 Å². The Kier molecular flexibility index (Phi) is 2.10. The van der Waals surface area contributed by atoms with Gasteiger partial charge in [-0.1, -0.05) is 17.7 Å². The van der Waals surface area contributed by atoms with Gasteiger partial charge in [-0.25, -0.2) is 0 Å². The quantitative estimate of drug-likeness (QED) is 0.501. The number of hydrogen-bond donors (Lipinski definition) is 0. The molecule has 1 aliphatic carbocycles. The predicted molar refractivity (Wildman–Crippen MR) is 41.4 cm³/mol. The molecule has 0 amide bonds. The molecule has 0 saturated carbocycles. The van der Waals surface area contributed by atoms with Crippen molar-refractivity contribution in [3.05, 3.63) is 23.3 Å². The lowest BCUT2D eigenvalue weighted by atomic mass is 10.2. The summed E-state index contributed by atoms with van der Waals surface area (Å²) in [6, 6.07) is 0. The Balaban J connectivity index is 2.66. The van der Waals surface area contributed by atoms with Crippen molar-refractivity contribution in [2.75, 3.05) is 0 Å². The predicted octanol–water partition coefficient (Wildman–Crippen LogP) is 3.06. The van der Waals surface area contributed by atoms with Crippen LogP contribution in [0.25, 0.3) is 0 Å². The van der Waals surface area contributed by atoms with E-state index in [-0.39, 0.29) is 0 Å². The summed E-state index contributed by atoms with van der Waals surface area (Å²) in [4.78, 5) is 0. The summed E-state index contributed by atoms with van der Waals surface area (Å²) in [6.07, 6.45) is 8.36. The molecule has 0 unspecified atom stereocenters. The van der Waals surface area contributed by atoms with E-state index in [1.54, 1.807) is 11.1 Å². The third-order valence-corrected chi connectivity index (χ3v) is 1.91. The van der Waals surface area contributed by atoms with Crippen LogP contribution in [-0.2, 0) is 0 Å². The smallest absolute Gasteiger partial charge is 0.0276 e. The monoisotopic (exact) mass is 122 g/mol. The van der Waals surface area contributed by atoms with Crippen LogP contribution in [0.3, 0.4) is 0 Å². The normalized spacial score (nSPS) is 20.2. The summed E-state index contributed by atoms with van der Waals surface area (Å²) < 4.78 is 0. The summed E-state index contributed by atoms with van der Waals surface area (Å²) in [5, 5.41) is 0. The molecule has 50 valence electrons. The minimum Gasteiger partial charge on any atom is -0.0874 e. The van der Waals surface area contributed by atoms with Crippen molar-refractivity contribution >= 4 is 0 Å². The van der Waals surface area contributed by atoms with Crippen LogP contribution in [0.1, 0.15) is 33.1 Å². The van der Waals surface area contributed by atoms with Gasteiger partial charge in [-0.15, -0.1) is 0 Å². The minimum atomic E-state index is 1.30. The Labute approximate surface area is 57.3 Å². The Bertz CT molecular complexity index is 149. The molecule has 0 aromatic rings. The van der Waals surface area contributed by atoms with E-state index in [1.165, 1.54) is 19.3 Å². The molecule has 0 aliphatic heterocycles. The molecule has 0 radical (unpaired) electrons. The van der Waals surface area contributed by atoms with Crippen LogP contribution < -0.4 is 0 Å². The van der Waals surface area contributed by atoms with Crippen molar-refractivity contribution in [2.24, 2.45) is 0 Å². The van der Waals surface area contributed by atoms with Gasteiger partial charge in [-0.05, 0) is 38.7 Å². The third kappa shape index (κ3) is 1.44. The molecule has 0 nitrogen and oxygen atoms in total. The highest BCUT2D eigenvalue weighted by molar-refractivity contribution is 5.27. The SMILES string of the molecule is CC=CC1=C(C)CCC1. The van der Waals surface area contributed by atoms with Crippen LogP contribution in [0.5, 0.6) is 0 Å². The molecule has 0 fully saturated rings. The molecule has 1 rings (SSSR count). The Morgan fingerprint density at radius 3 is 2.56 bits per heavy atom. The van der Waals surface area contributed by atoms with Gasteiger partial charge in [-0.3, -0.25) is 0 Å². The van der Waals surface area contributed by atoms with Gasteiger partial charge in [0.2, 0.25) is 0 Å². The molecule has 0 heterocycles. The van der Waals surface area contributed by atoms with Gasteiger partial charge in [0.25, 0.3) is 0 Å². The van der Waals surface area contributed by atoms with Gasteiger partial charge < -0.3 is 0 Å². The largest absolute Gasteiger partial charge is 0.0874 e. The van der Waals surface area contributed by atoms with Crippen molar-refractivity contribution in [1.29, 1.82) is 0 Å². The molecule has 0 atom stereocenters. The van der Waals surface area contributed by atoms with Crippen molar-refractivity contribution < 1.29 is 0 Å². The van der Waals surface area contributed by atoms with E-state index in [0.717, 1.165) is 0 Å². The maximum absolute atomic E-state index is 2.24. The van der Waals surface area contributed by atoms with E-state index in [1.807, 2.05) is 0 Å². The minimum absolute atomic E-state index is 1.30. The first-order valence-corrected chi connectivity index (χ1v) is 3.66.